The smallest absolute Gasteiger partial charge is 0.429 e. The molecule has 2 atom stereocenters. The minimum absolute atomic E-state index is 0.138. The van der Waals surface area contributed by atoms with E-state index >= 15 is 0 Å². The van der Waals surface area contributed by atoms with Crippen molar-refractivity contribution in [2.24, 2.45) is 0 Å². The van der Waals surface area contributed by atoms with E-state index in [0.29, 0.717) is 24.3 Å². The molecule has 0 N–H and O–H groups in total. The fraction of sp³-hybridized carbons (Fsp3) is 0.533. The predicted molar refractivity (Wildman–Crippen MR) is 75.3 cm³/mol. The first-order chi connectivity index (χ1) is 15.3. The molecule has 0 aliphatic carbocycles. The maximum Gasteiger partial charge on any atom is 0.462 e. The Hall–Kier alpha value is -2.51. The lowest BCUT2D eigenvalue weighted by atomic mass is 10.2. The first kappa shape index (κ1) is 30.5. The van der Waals surface area contributed by atoms with E-state index in [0.717, 1.165) is 0 Å². The van der Waals surface area contributed by atoms with Gasteiger partial charge in [-0.3, -0.25) is 14.3 Å². The third kappa shape index (κ3) is 6.01. The van der Waals surface area contributed by atoms with Crippen LogP contribution in [0.15, 0.2) is 24.3 Å². The fourth-order valence-corrected chi connectivity index (χ4v) is 1.78. The third-order valence-corrected chi connectivity index (χ3v) is 3.52. The highest BCUT2D eigenvalue weighted by Gasteiger charge is 2.84. The number of rotatable bonds is 10. The van der Waals surface area contributed by atoms with Crippen molar-refractivity contribution >= 4 is 6.29 Å². The van der Waals surface area contributed by atoms with Gasteiger partial charge in [0.2, 0.25) is 0 Å². The number of benzene rings is 1. The Bertz CT molecular complexity index is 878. The summed E-state index contributed by atoms with van der Waals surface area (Å²) in [6, 6.07) is 2.29. The quantitative estimate of drug-likeness (QED) is 0.248. The summed E-state index contributed by atoms with van der Waals surface area (Å²) in [4.78, 5) is 10.4. The monoisotopic (exact) mass is 554 g/mol. The Balaban J connectivity index is 3.31. The maximum absolute atomic E-state index is 13.9. The van der Waals surface area contributed by atoms with Gasteiger partial charge in [-0.05, 0) is 24.3 Å². The molecule has 0 fully saturated rings. The number of carbonyl (C=O) groups excluding carboxylic acids is 1. The van der Waals surface area contributed by atoms with Crippen LogP contribution in [0.2, 0.25) is 0 Å². The molecule has 1 rings (SSSR count). The molecule has 0 aliphatic rings. The molecule has 0 saturated carbocycles. The van der Waals surface area contributed by atoms with Crippen molar-refractivity contribution in [3.8, 4) is 5.75 Å². The standard InChI is InChI=1S/C15H6F16O4/c16-8(9(17,18)33-7-3-1-6(5-32)2-4-7)34-15(30,31)11(21,13(25,26)27)35-14(28,29)10(19,20)12(22,23)24/h1-5,8H. The summed E-state index contributed by atoms with van der Waals surface area (Å²) in [6.07, 6.45) is -41.4. The van der Waals surface area contributed by atoms with Crippen LogP contribution in [0.4, 0.5) is 70.2 Å². The fourth-order valence-electron chi connectivity index (χ4n) is 1.78. The summed E-state index contributed by atoms with van der Waals surface area (Å²) >= 11 is 0. The van der Waals surface area contributed by atoms with Gasteiger partial charge >= 0.3 is 48.8 Å². The second kappa shape index (κ2) is 9.17. The van der Waals surface area contributed by atoms with E-state index in [1.165, 1.54) is 4.74 Å². The van der Waals surface area contributed by atoms with Crippen LogP contribution in [0.1, 0.15) is 10.4 Å². The molecule has 0 spiro atoms. The number of ether oxygens (including phenoxy) is 3. The number of alkyl halides is 16. The number of halogens is 16. The van der Waals surface area contributed by atoms with Crippen LogP contribution in [0.25, 0.3) is 0 Å². The number of hydrogen-bond donors (Lipinski definition) is 0. The van der Waals surface area contributed by atoms with Crippen molar-refractivity contribution in [1.29, 1.82) is 0 Å². The number of hydrogen-bond acceptors (Lipinski definition) is 4. The largest absolute Gasteiger partial charge is 0.462 e. The van der Waals surface area contributed by atoms with Crippen molar-refractivity contribution in [1.82, 2.24) is 0 Å². The Morgan fingerprint density at radius 2 is 1.14 bits per heavy atom. The van der Waals surface area contributed by atoms with Gasteiger partial charge in [-0.2, -0.15) is 65.9 Å². The van der Waals surface area contributed by atoms with Gasteiger partial charge in [0.05, 0.1) is 0 Å². The topological polar surface area (TPSA) is 44.8 Å². The summed E-state index contributed by atoms with van der Waals surface area (Å²) in [7, 11) is 0. The SMILES string of the molecule is O=Cc1ccc(OC(F)(F)C(F)OC(F)(F)C(F)(OC(F)(F)C(F)(F)C(F)(F)F)C(F)(F)F)cc1. The highest BCUT2D eigenvalue weighted by atomic mass is 19.4. The Morgan fingerprint density at radius 3 is 1.51 bits per heavy atom. The normalized spacial score (nSPS) is 17.0. The predicted octanol–water partition coefficient (Wildman–Crippen LogP) is 6.41. The van der Waals surface area contributed by atoms with Crippen molar-refractivity contribution in [2.75, 3.05) is 0 Å². The lowest BCUT2D eigenvalue weighted by molar-refractivity contribution is -0.543. The van der Waals surface area contributed by atoms with Crippen LogP contribution < -0.4 is 4.74 Å². The van der Waals surface area contributed by atoms with Crippen LogP contribution in [0, 0.1) is 0 Å². The zero-order valence-corrected chi connectivity index (χ0v) is 15.6. The molecule has 0 radical (unpaired) electrons. The van der Waals surface area contributed by atoms with E-state index in [4.69, 9.17) is 0 Å². The van der Waals surface area contributed by atoms with Crippen molar-refractivity contribution < 1.29 is 89.3 Å². The second-order valence-corrected chi connectivity index (χ2v) is 6.09. The lowest BCUT2D eigenvalue weighted by Crippen LogP contribution is -2.66. The summed E-state index contributed by atoms with van der Waals surface area (Å²) in [5.74, 6) is -16.7. The van der Waals surface area contributed by atoms with Crippen LogP contribution in [-0.4, -0.2) is 55.1 Å². The summed E-state index contributed by atoms with van der Waals surface area (Å²) < 4.78 is 215. The highest BCUT2D eigenvalue weighted by Crippen LogP contribution is 2.55. The first-order valence-electron chi connectivity index (χ1n) is 7.94. The molecular weight excluding hydrogens is 548 g/mol. The summed E-state index contributed by atoms with van der Waals surface area (Å²) in [5.41, 5.74) is -0.221. The lowest BCUT2D eigenvalue weighted by Gasteiger charge is -2.38. The molecule has 0 bridgehead atoms. The molecular formula is C15H6F16O4. The average molecular weight is 554 g/mol. The van der Waals surface area contributed by atoms with Crippen LogP contribution in [-0.2, 0) is 9.47 Å². The number of aldehydes is 1. The van der Waals surface area contributed by atoms with Gasteiger partial charge < -0.3 is 4.74 Å². The molecule has 0 aromatic heterocycles. The van der Waals surface area contributed by atoms with Crippen molar-refractivity contribution in [3.05, 3.63) is 29.8 Å². The highest BCUT2D eigenvalue weighted by molar-refractivity contribution is 5.74. The number of carbonyl (C=O) groups is 1. The molecule has 1 aromatic carbocycles. The third-order valence-electron chi connectivity index (χ3n) is 3.52. The Morgan fingerprint density at radius 1 is 0.686 bits per heavy atom. The molecule has 0 saturated heterocycles. The molecule has 4 nitrogen and oxygen atoms in total. The van der Waals surface area contributed by atoms with Crippen LogP contribution in [0.3, 0.4) is 0 Å². The molecule has 2 unspecified atom stereocenters. The molecule has 20 heteroatoms. The molecule has 202 valence electrons. The maximum atomic E-state index is 13.9. The van der Waals surface area contributed by atoms with Crippen LogP contribution in [0.5, 0.6) is 5.75 Å². The van der Waals surface area contributed by atoms with Gasteiger partial charge in [-0.1, -0.05) is 0 Å². The summed E-state index contributed by atoms with van der Waals surface area (Å²) in [6.45, 7) is 0. The van der Waals surface area contributed by atoms with E-state index in [-0.39, 0.29) is 11.8 Å². The van der Waals surface area contributed by atoms with Gasteiger partial charge in [0.25, 0.3) is 0 Å². The van der Waals surface area contributed by atoms with E-state index < -0.39 is 54.6 Å². The molecule has 0 heterocycles. The molecule has 35 heavy (non-hydrogen) atoms. The van der Waals surface area contributed by atoms with E-state index in [1.807, 2.05) is 0 Å². The zero-order chi connectivity index (χ0) is 27.9. The Kier molecular flexibility index (Phi) is 8.00. The van der Waals surface area contributed by atoms with Crippen molar-refractivity contribution in [2.45, 2.75) is 48.8 Å². The molecule has 0 aliphatic heterocycles. The van der Waals surface area contributed by atoms with E-state index in [2.05, 4.69) is 9.47 Å². The van der Waals surface area contributed by atoms with Gasteiger partial charge in [0.1, 0.15) is 12.0 Å². The van der Waals surface area contributed by atoms with Gasteiger partial charge in [-0.15, -0.1) is 0 Å². The van der Waals surface area contributed by atoms with Crippen LogP contribution >= 0.6 is 0 Å². The van der Waals surface area contributed by atoms with Crippen molar-refractivity contribution in [3.63, 3.8) is 0 Å². The van der Waals surface area contributed by atoms with Gasteiger partial charge in [0.15, 0.2) is 0 Å². The first-order valence-corrected chi connectivity index (χ1v) is 7.94. The molecule has 1 aromatic rings. The summed E-state index contributed by atoms with van der Waals surface area (Å²) in [5, 5.41) is 0. The average Bonchev–Trinajstić information content (AvgIpc) is 2.65. The van der Waals surface area contributed by atoms with Gasteiger partial charge in [-0.25, -0.2) is 4.39 Å². The Labute approximate surface area is 181 Å². The minimum atomic E-state index is -7.77. The van der Waals surface area contributed by atoms with E-state index in [1.54, 1.807) is 0 Å². The van der Waals surface area contributed by atoms with E-state index in [9.17, 15) is 75.0 Å². The minimum Gasteiger partial charge on any atom is -0.429 e. The zero-order valence-electron chi connectivity index (χ0n) is 15.6. The molecule has 0 amide bonds. The van der Waals surface area contributed by atoms with Gasteiger partial charge in [0, 0.05) is 5.56 Å². The second-order valence-electron chi connectivity index (χ2n) is 6.09.